The van der Waals surface area contributed by atoms with E-state index in [0.29, 0.717) is 14.4 Å². The van der Waals surface area contributed by atoms with Crippen molar-refractivity contribution in [3.8, 4) is 0 Å². The van der Waals surface area contributed by atoms with Crippen LogP contribution in [-0.4, -0.2) is 11.8 Å². The van der Waals surface area contributed by atoms with Crippen molar-refractivity contribution in [2.24, 2.45) is 0 Å². The summed E-state index contributed by atoms with van der Waals surface area (Å²) in [6.45, 7) is 0. The summed E-state index contributed by atoms with van der Waals surface area (Å²) in [6, 6.07) is 8.30. The first-order chi connectivity index (χ1) is 9.49. The molecule has 2 rings (SSSR count). The Hall–Kier alpha value is -1.08. The number of benzene rings is 1. The lowest BCUT2D eigenvalue weighted by Crippen LogP contribution is -2.41. The van der Waals surface area contributed by atoms with Crippen molar-refractivity contribution in [1.29, 1.82) is 0 Å². The first-order valence-electron chi connectivity index (χ1n) is 5.29. The summed E-state index contributed by atoms with van der Waals surface area (Å²) in [4.78, 5) is 23.7. The van der Waals surface area contributed by atoms with Crippen LogP contribution in [-0.2, 0) is 0 Å². The van der Waals surface area contributed by atoms with Gasteiger partial charge in [0.25, 0.3) is 11.8 Å². The van der Waals surface area contributed by atoms with E-state index in [-0.39, 0.29) is 9.90 Å². The van der Waals surface area contributed by atoms with Crippen molar-refractivity contribution in [1.82, 2.24) is 10.9 Å². The van der Waals surface area contributed by atoms with Crippen LogP contribution >= 0.6 is 50.5 Å². The Bertz CT molecular complexity index is 675. The first kappa shape index (κ1) is 15.3. The highest BCUT2D eigenvalue weighted by molar-refractivity contribution is 9.10. The lowest BCUT2D eigenvalue weighted by atomic mass is 10.2. The molecular formula is C12H7BrCl2N2O2S. The Balaban J connectivity index is 2.02. The van der Waals surface area contributed by atoms with Gasteiger partial charge in [0.05, 0.1) is 15.5 Å². The highest BCUT2D eigenvalue weighted by Crippen LogP contribution is 2.30. The van der Waals surface area contributed by atoms with Crippen molar-refractivity contribution >= 4 is 62.3 Å². The molecule has 0 unspecified atom stereocenters. The molecule has 0 aliphatic rings. The van der Waals surface area contributed by atoms with Gasteiger partial charge in [-0.1, -0.05) is 35.3 Å². The zero-order valence-corrected chi connectivity index (χ0v) is 13.7. The van der Waals surface area contributed by atoms with Gasteiger partial charge in [-0.25, -0.2) is 0 Å². The molecule has 0 spiro atoms. The van der Waals surface area contributed by atoms with Crippen molar-refractivity contribution in [2.45, 2.75) is 0 Å². The fourth-order valence-electron chi connectivity index (χ4n) is 1.39. The van der Waals surface area contributed by atoms with E-state index in [1.165, 1.54) is 6.07 Å². The van der Waals surface area contributed by atoms with E-state index in [1.54, 1.807) is 24.3 Å². The van der Waals surface area contributed by atoms with Crippen LogP contribution < -0.4 is 10.9 Å². The monoisotopic (exact) mass is 392 g/mol. The number of thiophene rings is 1. The normalized spacial score (nSPS) is 10.2. The fraction of sp³-hybridized carbons (Fsp3) is 0. The number of rotatable bonds is 2. The zero-order chi connectivity index (χ0) is 14.7. The number of nitrogens with one attached hydrogen (secondary N) is 2. The Morgan fingerprint density at radius 1 is 1.05 bits per heavy atom. The average molecular weight is 394 g/mol. The third-order valence-electron chi connectivity index (χ3n) is 2.31. The molecule has 1 heterocycles. The fourth-order valence-corrected chi connectivity index (χ4v) is 3.31. The molecule has 4 nitrogen and oxygen atoms in total. The molecule has 2 aromatic rings. The van der Waals surface area contributed by atoms with Crippen molar-refractivity contribution in [2.75, 3.05) is 0 Å². The number of amides is 2. The average Bonchev–Trinajstić information content (AvgIpc) is 2.75. The molecule has 2 amide bonds. The summed E-state index contributed by atoms with van der Waals surface area (Å²) in [6.07, 6.45) is 0. The smallest absolute Gasteiger partial charge is 0.267 e. The molecule has 0 aliphatic heterocycles. The summed E-state index contributed by atoms with van der Waals surface area (Å²) in [5.74, 6) is -0.971. The van der Waals surface area contributed by atoms with E-state index >= 15 is 0 Å². The first-order valence-corrected chi connectivity index (χ1v) is 7.65. The van der Waals surface area contributed by atoms with Crippen LogP contribution in [0.1, 0.15) is 20.7 Å². The van der Waals surface area contributed by atoms with Crippen LogP contribution in [0.15, 0.2) is 34.8 Å². The van der Waals surface area contributed by atoms with Gasteiger partial charge in [0.15, 0.2) is 0 Å². The van der Waals surface area contributed by atoms with Gasteiger partial charge in [-0.05, 0) is 34.1 Å². The van der Waals surface area contributed by atoms with Crippen LogP contribution in [0, 0.1) is 0 Å². The molecule has 0 aliphatic carbocycles. The maximum absolute atomic E-state index is 11.9. The summed E-state index contributed by atoms with van der Waals surface area (Å²) >= 11 is 15.9. The SMILES string of the molecule is O=C(NNC(=O)c1cc(Cl)sc1Cl)c1ccccc1Br. The van der Waals surface area contributed by atoms with Gasteiger partial charge in [0, 0.05) is 4.47 Å². The summed E-state index contributed by atoms with van der Waals surface area (Å²) in [7, 11) is 0. The number of carbonyl (C=O) groups is 2. The quantitative estimate of drug-likeness (QED) is 0.760. The molecule has 0 saturated heterocycles. The van der Waals surface area contributed by atoms with Gasteiger partial charge < -0.3 is 0 Å². The second-order valence-electron chi connectivity index (χ2n) is 3.63. The van der Waals surface area contributed by atoms with Crippen LogP contribution in [0.5, 0.6) is 0 Å². The van der Waals surface area contributed by atoms with E-state index < -0.39 is 11.8 Å². The van der Waals surface area contributed by atoms with Crippen molar-refractivity contribution < 1.29 is 9.59 Å². The largest absolute Gasteiger partial charge is 0.272 e. The predicted molar refractivity (Wildman–Crippen MR) is 83.4 cm³/mol. The summed E-state index contributed by atoms with van der Waals surface area (Å²) in [5.41, 5.74) is 5.21. The maximum atomic E-state index is 11.9. The van der Waals surface area contributed by atoms with Gasteiger partial charge in [0.1, 0.15) is 4.34 Å². The minimum Gasteiger partial charge on any atom is -0.267 e. The Morgan fingerprint density at radius 3 is 2.20 bits per heavy atom. The molecule has 0 radical (unpaired) electrons. The molecule has 0 atom stereocenters. The van der Waals surface area contributed by atoms with Crippen LogP contribution in [0.3, 0.4) is 0 Å². The van der Waals surface area contributed by atoms with Crippen molar-refractivity contribution in [3.63, 3.8) is 0 Å². The predicted octanol–water partition coefficient (Wildman–Crippen LogP) is 3.89. The Kier molecular flexibility index (Phi) is 5.04. The van der Waals surface area contributed by atoms with Crippen LogP contribution in [0.4, 0.5) is 0 Å². The number of hydrogen-bond acceptors (Lipinski definition) is 3. The minimum absolute atomic E-state index is 0.217. The highest BCUT2D eigenvalue weighted by Gasteiger charge is 2.15. The number of carbonyl (C=O) groups excluding carboxylic acids is 2. The van der Waals surface area contributed by atoms with Crippen LogP contribution in [0.25, 0.3) is 0 Å². The van der Waals surface area contributed by atoms with Crippen molar-refractivity contribution in [3.05, 3.63) is 54.6 Å². The van der Waals surface area contributed by atoms with Gasteiger partial charge in [-0.2, -0.15) is 0 Å². The van der Waals surface area contributed by atoms with E-state index in [0.717, 1.165) is 11.3 Å². The standard InChI is InChI=1S/C12H7BrCl2N2O2S/c13-8-4-2-1-3-6(8)11(18)16-17-12(19)7-5-9(14)20-10(7)15/h1-5H,(H,16,18)(H,17,19). The summed E-state index contributed by atoms with van der Waals surface area (Å²) in [5, 5.41) is 0. The number of hydrogen-bond donors (Lipinski definition) is 2. The second kappa shape index (κ2) is 6.58. The van der Waals surface area contributed by atoms with Gasteiger partial charge >= 0.3 is 0 Å². The second-order valence-corrected chi connectivity index (χ2v) is 6.77. The summed E-state index contributed by atoms with van der Waals surface area (Å²) < 4.78 is 1.29. The topological polar surface area (TPSA) is 58.2 Å². The Labute approximate surface area is 137 Å². The number of halogens is 3. The van der Waals surface area contributed by atoms with E-state index in [9.17, 15) is 9.59 Å². The zero-order valence-electron chi connectivity index (χ0n) is 9.75. The molecule has 0 saturated carbocycles. The molecule has 1 aromatic carbocycles. The van der Waals surface area contributed by atoms with E-state index in [4.69, 9.17) is 23.2 Å². The van der Waals surface area contributed by atoms with Gasteiger partial charge in [0.2, 0.25) is 0 Å². The lowest BCUT2D eigenvalue weighted by molar-refractivity contribution is 0.0846. The molecular weight excluding hydrogens is 387 g/mol. The molecule has 1 aromatic heterocycles. The molecule has 2 N–H and O–H groups in total. The van der Waals surface area contributed by atoms with Crippen LogP contribution in [0.2, 0.25) is 8.67 Å². The molecule has 104 valence electrons. The molecule has 0 fully saturated rings. The van der Waals surface area contributed by atoms with Gasteiger partial charge in [-0.15, -0.1) is 11.3 Å². The molecule has 0 bridgehead atoms. The van der Waals surface area contributed by atoms with E-state index in [2.05, 4.69) is 26.8 Å². The molecule has 8 heteroatoms. The van der Waals surface area contributed by atoms with Gasteiger partial charge in [-0.3, -0.25) is 20.4 Å². The Morgan fingerprint density at radius 2 is 1.65 bits per heavy atom. The number of hydrazine groups is 1. The maximum Gasteiger partial charge on any atom is 0.272 e. The minimum atomic E-state index is -0.529. The third kappa shape index (κ3) is 3.52. The third-order valence-corrected chi connectivity index (χ3v) is 4.49. The highest BCUT2D eigenvalue weighted by atomic mass is 79.9. The molecule has 20 heavy (non-hydrogen) atoms. The van der Waals surface area contributed by atoms with E-state index in [1.807, 2.05) is 0 Å². The lowest BCUT2D eigenvalue weighted by Gasteiger charge is -2.07.